The topological polar surface area (TPSA) is 129 Å². The van der Waals surface area contributed by atoms with E-state index in [4.69, 9.17) is 9.47 Å². The van der Waals surface area contributed by atoms with Crippen LogP contribution in [0.15, 0.2) is 60.7 Å². The van der Waals surface area contributed by atoms with Crippen molar-refractivity contribution in [1.29, 1.82) is 5.26 Å². The van der Waals surface area contributed by atoms with E-state index in [9.17, 15) is 25.5 Å². The summed E-state index contributed by atoms with van der Waals surface area (Å²) in [6.07, 6.45) is 1.61. The summed E-state index contributed by atoms with van der Waals surface area (Å²) < 4.78 is 12.0. The highest BCUT2D eigenvalue weighted by molar-refractivity contribution is 14.1. The van der Waals surface area contributed by atoms with Crippen molar-refractivity contribution in [3.63, 3.8) is 0 Å². The molecule has 0 unspecified atom stereocenters. The van der Waals surface area contributed by atoms with Gasteiger partial charge in [-0.1, -0.05) is 24.3 Å². The number of rotatable bonds is 8. The van der Waals surface area contributed by atoms with E-state index < -0.39 is 9.85 Å². The molecule has 0 aliphatic rings. The molecule has 0 spiro atoms. The third kappa shape index (κ3) is 5.83. The maximum atomic E-state index is 11.0. The Balaban J connectivity index is 1.90. The number of hydrogen-bond donors (Lipinski definition) is 0. The molecule has 0 aromatic heterocycles. The molecule has 0 heterocycles. The monoisotopic (exact) mass is 557 g/mol. The quantitative estimate of drug-likeness (QED) is 0.113. The zero-order chi connectivity index (χ0) is 24.0. The van der Waals surface area contributed by atoms with Crippen molar-refractivity contribution in [2.75, 3.05) is 7.11 Å². The summed E-state index contributed by atoms with van der Waals surface area (Å²) in [5, 5.41) is 31.6. The molecule has 0 radical (unpaired) electrons. The van der Waals surface area contributed by atoms with Crippen LogP contribution in [-0.4, -0.2) is 17.0 Å². The average molecular weight is 557 g/mol. The molecule has 0 N–H and O–H groups in total. The summed E-state index contributed by atoms with van der Waals surface area (Å²) in [4.78, 5) is 21.0. The van der Waals surface area contributed by atoms with Crippen molar-refractivity contribution in [3.8, 4) is 17.6 Å². The van der Waals surface area contributed by atoms with Crippen molar-refractivity contribution < 1.29 is 19.3 Å². The second-order valence-corrected chi connectivity index (χ2v) is 7.89. The number of benzene rings is 3. The Kier molecular flexibility index (Phi) is 7.57. The van der Waals surface area contributed by atoms with Crippen LogP contribution in [0, 0.1) is 35.1 Å². The Morgan fingerprint density at radius 2 is 1.73 bits per heavy atom. The minimum atomic E-state index is -0.516. The lowest BCUT2D eigenvalue weighted by atomic mass is 10.0. The zero-order valence-corrected chi connectivity index (χ0v) is 19.4. The van der Waals surface area contributed by atoms with E-state index >= 15 is 0 Å². The summed E-state index contributed by atoms with van der Waals surface area (Å²) in [5.41, 5.74) is 1.81. The fourth-order valence-corrected chi connectivity index (χ4v) is 3.79. The van der Waals surface area contributed by atoms with E-state index in [0.29, 0.717) is 31.8 Å². The van der Waals surface area contributed by atoms with Crippen LogP contribution in [0.4, 0.5) is 11.4 Å². The minimum Gasteiger partial charge on any atom is -0.493 e. The molecule has 0 amide bonds. The molecule has 0 saturated heterocycles. The number of hydrogen-bond acceptors (Lipinski definition) is 7. The van der Waals surface area contributed by atoms with Crippen LogP contribution in [0.3, 0.4) is 0 Å². The number of nitro groups is 2. The molecule has 0 atom stereocenters. The van der Waals surface area contributed by atoms with Crippen molar-refractivity contribution >= 4 is 45.6 Å². The molecular weight excluding hydrogens is 541 g/mol. The van der Waals surface area contributed by atoms with E-state index in [-0.39, 0.29) is 23.6 Å². The van der Waals surface area contributed by atoms with Gasteiger partial charge in [-0.2, -0.15) is 5.26 Å². The van der Waals surface area contributed by atoms with Crippen LogP contribution >= 0.6 is 22.6 Å². The Morgan fingerprint density at radius 1 is 1.06 bits per heavy atom. The number of nitrogens with zero attached hydrogens (tertiary/aromatic N) is 3. The summed E-state index contributed by atoms with van der Waals surface area (Å²) in [7, 11) is 1.48. The fourth-order valence-electron chi connectivity index (χ4n) is 3.01. The van der Waals surface area contributed by atoms with E-state index in [1.807, 2.05) is 0 Å². The zero-order valence-electron chi connectivity index (χ0n) is 17.2. The highest BCUT2D eigenvalue weighted by Gasteiger charge is 2.14. The molecule has 33 heavy (non-hydrogen) atoms. The third-order valence-electron chi connectivity index (χ3n) is 4.56. The van der Waals surface area contributed by atoms with Gasteiger partial charge in [0, 0.05) is 24.3 Å². The van der Waals surface area contributed by atoms with E-state index in [1.54, 1.807) is 36.4 Å². The first-order chi connectivity index (χ1) is 15.8. The third-order valence-corrected chi connectivity index (χ3v) is 5.36. The van der Waals surface area contributed by atoms with Gasteiger partial charge in [-0.25, -0.2) is 0 Å². The first kappa shape index (κ1) is 23.7. The van der Waals surface area contributed by atoms with E-state index in [1.165, 1.54) is 37.4 Å². The van der Waals surface area contributed by atoms with E-state index in [2.05, 4.69) is 28.7 Å². The minimum absolute atomic E-state index is 0.0246. The second kappa shape index (κ2) is 10.6. The molecule has 9 nitrogen and oxygen atoms in total. The first-order valence-corrected chi connectivity index (χ1v) is 10.5. The largest absolute Gasteiger partial charge is 0.493 e. The lowest BCUT2D eigenvalue weighted by Gasteiger charge is -2.14. The Labute approximate surface area is 202 Å². The summed E-state index contributed by atoms with van der Waals surface area (Å²) in [6, 6.07) is 17.5. The number of allylic oxidation sites excluding steroid dienone is 1. The Hall–Kier alpha value is -3.98. The van der Waals surface area contributed by atoms with Crippen LogP contribution in [-0.2, 0) is 6.61 Å². The lowest BCUT2D eigenvalue weighted by Crippen LogP contribution is -2.01. The van der Waals surface area contributed by atoms with Gasteiger partial charge in [0.25, 0.3) is 11.4 Å². The Bertz CT molecular complexity index is 1300. The van der Waals surface area contributed by atoms with E-state index in [0.717, 1.165) is 0 Å². The number of methoxy groups -OCH3 is 1. The van der Waals surface area contributed by atoms with Crippen LogP contribution < -0.4 is 9.47 Å². The van der Waals surface area contributed by atoms with Crippen molar-refractivity contribution in [2.45, 2.75) is 6.61 Å². The molecule has 0 saturated carbocycles. The highest BCUT2D eigenvalue weighted by atomic mass is 127. The fraction of sp³-hybridized carbons (Fsp3) is 0.0870. The van der Waals surface area contributed by atoms with Gasteiger partial charge in [-0.05, 0) is 57.5 Å². The van der Waals surface area contributed by atoms with Crippen molar-refractivity contribution in [3.05, 3.63) is 101 Å². The molecule has 166 valence electrons. The molecule has 3 rings (SSSR count). The molecule has 3 aromatic carbocycles. The maximum absolute atomic E-state index is 11.0. The second-order valence-electron chi connectivity index (χ2n) is 6.73. The predicted molar refractivity (Wildman–Crippen MR) is 130 cm³/mol. The molecule has 0 bridgehead atoms. The molecule has 10 heteroatoms. The molecular formula is C23H16IN3O6. The molecule has 0 aliphatic carbocycles. The number of halogens is 1. The number of nitriles is 1. The number of nitro benzene ring substituents is 2. The van der Waals surface area contributed by atoms with Crippen LogP contribution in [0.5, 0.6) is 11.5 Å². The summed E-state index contributed by atoms with van der Waals surface area (Å²) >= 11 is 2.07. The normalized spacial score (nSPS) is 10.9. The average Bonchev–Trinajstić information content (AvgIpc) is 2.81. The van der Waals surface area contributed by atoms with Gasteiger partial charge >= 0.3 is 0 Å². The summed E-state index contributed by atoms with van der Waals surface area (Å²) in [6.45, 7) is 0.0976. The molecule has 0 fully saturated rings. The first-order valence-electron chi connectivity index (χ1n) is 9.42. The molecule has 3 aromatic rings. The van der Waals surface area contributed by atoms with Gasteiger partial charge in [0.05, 0.1) is 32.2 Å². The number of non-ortho nitro benzene ring substituents is 2. The molecule has 0 aliphatic heterocycles. The van der Waals surface area contributed by atoms with Crippen molar-refractivity contribution in [1.82, 2.24) is 0 Å². The van der Waals surface area contributed by atoms with Crippen LogP contribution in [0.25, 0.3) is 11.6 Å². The SMILES string of the molecule is COc1cc(/C=C(/C#N)c2cccc([N+](=O)[O-])c2)cc(I)c1OCc1cccc([N+](=O)[O-])c1. The summed E-state index contributed by atoms with van der Waals surface area (Å²) in [5.74, 6) is 0.866. The highest BCUT2D eigenvalue weighted by Crippen LogP contribution is 2.36. The van der Waals surface area contributed by atoms with Crippen LogP contribution in [0.2, 0.25) is 0 Å². The smallest absolute Gasteiger partial charge is 0.270 e. The van der Waals surface area contributed by atoms with Gasteiger partial charge in [-0.3, -0.25) is 20.2 Å². The van der Waals surface area contributed by atoms with Crippen LogP contribution in [0.1, 0.15) is 16.7 Å². The van der Waals surface area contributed by atoms with Gasteiger partial charge in [-0.15, -0.1) is 0 Å². The standard InChI is InChI=1S/C23H16IN3O6/c1-32-22-11-16(8-18(13-25)17-5-3-7-20(12-17)27(30)31)10-21(24)23(22)33-14-15-4-2-6-19(9-15)26(28)29/h2-12H,14H2,1H3/b18-8-. The lowest BCUT2D eigenvalue weighted by molar-refractivity contribution is -0.385. The number of ether oxygens (including phenoxy) is 2. The Morgan fingerprint density at radius 3 is 2.36 bits per heavy atom. The van der Waals surface area contributed by atoms with Gasteiger partial charge in [0.15, 0.2) is 11.5 Å². The van der Waals surface area contributed by atoms with Gasteiger partial charge in [0.1, 0.15) is 6.61 Å². The van der Waals surface area contributed by atoms with Gasteiger partial charge < -0.3 is 9.47 Å². The van der Waals surface area contributed by atoms with Gasteiger partial charge in [0.2, 0.25) is 0 Å². The van der Waals surface area contributed by atoms with Crippen molar-refractivity contribution in [2.24, 2.45) is 0 Å². The maximum Gasteiger partial charge on any atom is 0.270 e. The predicted octanol–water partition coefficient (Wildman–Crippen LogP) is 5.76.